The summed E-state index contributed by atoms with van der Waals surface area (Å²) >= 11 is 0. The second kappa shape index (κ2) is 2.92. The summed E-state index contributed by atoms with van der Waals surface area (Å²) in [7, 11) is 0. The van der Waals surface area contributed by atoms with E-state index in [-0.39, 0.29) is 18.7 Å². The summed E-state index contributed by atoms with van der Waals surface area (Å²) in [5.41, 5.74) is 0. The summed E-state index contributed by atoms with van der Waals surface area (Å²) < 4.78 is 30.1. The molecule has 1 N–H and O–H groups in total. The normalized spacial score (nSPS) is 40.5. The largest absolute Gasteiger partial charge is 0.368 e. The quantitative estimate of drug-likeness (QED) is 0.605. The Balaban J connectivity index is 1.99. The lowest BCUT2D eigenvalue weighted by atomic mass is 9.91. The van der Waals surface area contributed by atoms with Gasteiger partial charge in [0.25, 0.3) is 0 Å². The van der Waals surface area contributed by atoms with Crippen LogP contribution in [0.1, 0.15) is 25.7 Å². The smallest absolute Gasteiger partial charge is 0.314 e. The van der Waals surface area contributed by atoms with Crippen LogP contribution in [0.4, 0.5) is 8.78 Å². The molecule has 1 saturated carbocycles. The van der Waals surface area contributed by atoms with Gasteiger partial charge in [-0.25, -0.2) is 0 Å². The van der Waals surface area contributed by atoms with E-state index in [9.17, 15) is 8.78 Å². The number of fused-ring (bicyclic) bond motifs is 1. The van der Waals surface area contributed by atoms with Crippen molar-refractivity contribution in [3.63, 3.8) is 0 Å². The van der Waals surface area contributed by atoms with Crippen LogP contribution < -0.4 is 5.32 Å². The molecule has 2 fully saturated rings. The highest BCUT2D eigenvalue weighted by molar-refractivity contribution is 4.87. The Morgan fingerprint density at radius 1 is 1.25 bits per heavy atom. The summed E-state index contributed by atoms with van der Waals surface area (Å²) in [6, 6.07) is 0.165. The van der Waals surface area contributed by atoms with Crippen molar-refractivity contribution in [1.82, 2.24) is 5.32 Å². The molecule has 1 saturated heterocycles. The molecule has 2 atom stereocenters. The number of hydrogen-bond donors (Lipinski definition) is 1. The zero-order chi connectivity index (χ0) is 8.60. The van der Waals surface area contributed by atoms with E-state index in [1.54, 1.807) is 0 Å². The van der Waals surface area contributed by atoms with E-state index in [1.165, 1.54) is 0 Å². The van der Waals surface area contributed by atoms with Crippen molar-refractivity contribution in [3.8, 4) is 0 Å². The highest BCUT2D eigenvalue weighted by atomic mass is 19.3. The average molecular weight is 177 g/mol. The molecule has 70 valence electrons. The van der Waals surface area contributed by atoms with Crippen molar-refractivity contribution in [2.75, 3.05) is 6.54 Å². The predicted octanol–water partition coefficient (Wildman–Crippen LogP) is 1.51. The minimum Gasteiger partial charge on any atom is -0.314 e. The van der Waals surface area contributed by atoms with Gasteiger partial charge in [0.1, 0.15) is 0 Å². The molecule has 0 spiro atoms. The maximum Gasteiger partial charge on any atom is 0.368 e. The highest BCUT2D eigenvalue weighted by Crippen LogP contribution is 2.30. The molecule has 1 aliphatic heterocycles. The van der Waals surface area contributed by atoms with Crippen LogP contribution in [-0.2, 0) is 4.74 Å². The van der Waals surface area contributed by atoms with Crippen LogP contribution in [0.15, 0.2) is 0 Å². The van der Waals surface area contributed by atoms with Crippen molar-refractivity contribution < 1.29 is 13.5 Å². The molecular formula is C8H13F2NO. The zero-order valence-corrected chi connectivity index (χ0v) is 6.85. The van der Waals surface area contributed by atoms with Gasteiger partial charge in [0, 0.05) is 6.04 Å². The van der Waals surface area contributed by atoms with E-state index in [2.05, 4.69) is 10.1 Å². The molecule has 0 aromatic heterocycles. The second-order valence-corrected chi connectivity index (χ2v) is 3.57. The molecular weight excluding hydrogens is 164 g/mol. The molecule has 2 aliphatic rings. The van der Waals surface area contributed by atoms with Crippen LogP contribution in [0.5, 0.6) is 0 Å². The highest BCUT2D eigenvalue weighted by Gasteiger charge is 2.42. The van der Waals surface area contributed by atoms with Crippen LogP contribution in [0, 0.1) is 0 Å². The van der Waals surface area contributed by atoms with Crippen molar-refractivity contribution in [1.29, 1.82) is 0 Å². The molecule has 0 radical (unpaired) electrons. The first-order valence-corrected chi connectivity index (χ1v) is 4.46. The van der Waals surface area contributed by atoms with E-state index >= 15 is 0 Å². The molecule has 1 aliphatic carbocycles. The molecule has 0 unspecified atom stereocenters. The summed E-state index contributed by atoms with van der Waals surface area (Å²) in [6.07, 6.45) is 0.677. The molecule has 2 nitrogen and oxygen atoms in total. The van der Waals surface area contributed by atoms with Gasteiger partial charge in [-0.05, 0) is 12.8 Å². The van der Waals surface area contributed by atoms with Gasteiger partial charge >= 0.3 is 6.11 Å². The van der Waals surface area contributed by atoms with Crippen molar-refractivity contribution >= 4 is 0 Å². The molecule has 4 heteroatoms. The minimum absolute atomic E-state index is 0.165. The molecule has 0 aromatic rings. The fourth-order valence-corrected chi connectivity index (χ4v) is 1.98. The standard InChI is InChI=1S/C8H13F2NO/c9-8(10)5-11-6-3-1-2-4-7(6)12-8/h6-7,11H,1-5H2/t6-,7+/m0/s1. The summed E-state index contributed by atoms with van der Waals surface area (Å²) in [6.45, 7) is -0.325. The summed E-state index contributed by atoms with van der Waals surface area (Å²) in [5.74, 6) is 0. The van der Waals surface area contributed by atoms with Crippen LogP contribution in [0.25, 0.3) is 0 Å². The van der Waals surface area contributed by atoms with Crippen LogP contribution in [0.3, 0.4) is 0 Å². The molecule has 12 heavy (non-hydrogen) atoms. The third-order valence-corrected chi connectivity index (χ3v) is 2.60. The number of morpholine rings is 1. The maximum absolute atomic E-state index is 12.7. The number of nitrogens with one attached hydrogen (secondary N) is 1. The van der Waals surface area contributed by atoms with Crippen LogP contribution in [0.2, 0.25) is 0 Å². The van der Waals surface area contributed by atoms with Gasteiger partial charge in [-0.3, -0.25) is 0 Å². The third-order valence-electron chi connectivity index (χ3n) is 2.60. The van der Waals surface area contributed by atoms with E-state index in [4.69, 9.17) is 0 Å². The number of halogens is 2. The third kappa shape index (κ3) is 1.59. The monoisotopic (exact) mass is 177 g/mol. The molecule has 2 rings (SSSR count). The number of ether oxygens (including phenoxy) is 1. The Kier molecular flexibility index (Phi) is 2.04. The fraction of sp³-hybridized carbons (Fsp3) is 1.00. The first kappa shape index (κ1) is 8.38. The van der Waals surface area contributed by atoms with Gasteiger partial charge in [-0.2, -0.15) is 8.78 Å². The lowest BCUT2D eigenvalue weighted by Gasteiger charge is -2.39. The van der Waals surface area contributed by atoms with Gasteiger partial charge in [0.2, 0.25) is 0 Å². The van der Waals surface area contributed by atoms with E-state index < -0.39 is 6.11 Å². The van der Waals surface area contributed by atoms with Gasteiger partial charge < -0.3 is 10.1 Å². The average Bonchev–Trinajstić information content (AvgIpc) is 2.02. The van der Waals surface area contributed by atoms with E-state index in [0.717, 1.165) is 25.7 Å². The zero-order valence-electron chi connectivity index (χ0n) is 6.85. The lowest BCUT2D eigenvalue weighted by Crippen LogP contribution is -2.56. The van der Waals surface area contributed by atoms with Crippen molar-refractivity contribution in [2.45, 2.75) is 43.9 Å². The SMILES string of the molecule is FC1(F)CN[C@H]2CCCC[C@H]2O1. The van der Waals surface area contributed by atoms with Crippen molar-refractivity contribution in [2.24, 2.45) is 0 Å². The number of rotatable bonds is 0. The second-order valence-electron chi connectivity index (χ2n) is 3.57. The molecule has 0 aromatic carbocycles. The Morgan fingerprint density at radius 3 is 2.83 bits per heavy atom. The Labute approximate surface area is 70.3 Å². The lowest BCUT2D eigenvalue weighted by molar-refractivity contribution is -0.287. The van der Waals surface area contributed by atoms with E-state index in [1.807, 2.05) is 0 Å². The Hall–Kier alpha value is -0.220. The first-order chi connectivity index (χ1) is 5.67. The summed E-state index contributed by atoms with van der Waals surface area (Å²) in [4.78, 5) is 0. The molecule has 0 amide bonds. The van der Waals surface area contributed by atoms with Crippen molar-refractivity contribution in [3.05, 3.63) is 0 Å². The van der Waals surface area contributed by atoms with Gasteiger partial charge in [0.05, 0.1) is 12.6 Å². The molecule has 0 bridgehead atoms. The van der Waals surface area contributed by atoms with Gasteiger partial charge in [-0.15, -0.1) is 0 Å². The molecule has 1 heterocycles. The summed E-state index contributed by atoms with van der Waals surface area (Å²) in [5, 5.41) is 2.84. The Bertz CT molecular complexity index is 174. The number of hydrogen-bond acceptors (Lipinski definition) is 2. The first-order valence-electron chi connectivity index (χ1n) is 4.46. The van der Waals surface area contributed by atoms with E-state index in [0.29, 0.717) is 0 Å². The maximum atomic E-state index is 12.7. The van der Waals surface area contributed by atoms with Crippen LogP contribution >= 0.6 is 0 Å². The van der Waals surface area contributed by atoms with Gasteiger partial charge in [0.15, 0.2) is 0 Å². The topological polar surface area (TPSA) is 21.3 Å². The Morgan fingerprint density at radius 2 is 2.00 bits per heavy atom. The van der Waals surface area contributed by atoms with Crippen LogP contribution in [-0.4, -0.2) is 24.8 Å². The minimum atomic E-state index is -2.95. The number of alkyl halides is 2. The van der Waals surface area contributed by atoms with Gasteiger partial charge in [-0.1, -0.05) is 12.8 Å². The fourth-order valence-electron chi connectivity index (χ4n) is 1.98. The predicted molar refractivity (Wildman–Crippen MR) is 40.1 cm³/mol.